The molecule has 0 atom stereocenters. The maximum Gasteiger partial charge on any atom is 0.0407 e. The highest BCUT2D eigenvalue weighted by molar-refractivity contribution is 14.1. The highest BCUT2D eigenvalue weighted by atomic mass is 127. The molecular weight excluding hydrogens is 297 g/mol. The van der Waals surface area contributed by atoms with Gasteiger partial charge in [0.1, 0.15) is 0 Å². The molecule has 0 aliphatic carbocycles. The van der Waals surface area contributed by atoms with Gasteiger partial charge in [0.15, 0.2) is 0 Å². The Labute approximate surface area is 104 Å². The molecule has 0 spiro atoms. The fourth-order valence-corrected chi connectivity index (χ4v) is 1.79. The van der Waals surface area contributed by atoms with E-state index in [9.17, 15) is 0 Å². The SMILES string of the molecule is Ic1ccc(CCc2ccccc2)nc1. The van der Waals surface area contributed by atoms with Gasteiger partial charge in [-0.05, 0) is 53.1 Å². The minimum atomic E-state index is 1.01. The van der Waals surface area contributed by atoms with E-state index in [0.29, 0.717) is 0 Å². The molecule has 2 aromatic rings. The lowest BCUT2D eigenvalue weighted by molar-refractivity contribution is 0.912. The summed E-state index contributed by atoms with van der Waals surface area (Å²) in [5.74, 6) is 0. The van der Waals surface area contributed by atoms with E-state index < -0.39 is 0 Å². The van der Waals surface area contributed by atoms with Crippen LogP contribution in [0.4, 0.5) is 0 Å². The first-order valence-corrected chi connectivity index (χ1v) is 6.07. The predicted molar refractivity (Wildman–Crippen MR) is 70.8 cm³/mol. The molecule has 2 heteroatoms. The van der Waals surface area contributed by atoms with Crippen molar-refractivity contribution in [1.29, 1.82) is 0 Å². The Balaban J connectivity index is 1.96. The van der Waals surface area contributed by atoms with Crippen LogP contribution < -0.4 is 0 Å². The number of rotatable bonds is 3. The van der Waals surface area contributed by atoms with Crippen molar-refractivity contribution in [3.05, 3.63) is 63.5 Å². The zero-order valence-electron chi connectivity index (χ0n) is 8.36. The van der Waals surface area contributed by atoms with E-state index in [0.717, 1.165) is 12.8 Å². The summed E-state index contributed by atoms with van der Waals surface area (Å²) in [6.45, 7) is 0. The molecule has 0 aliphatic rings. The highest BCUT2D eigenvalue weighted by Gasteiger charge is 1.96. The van der Waals surface area contributed by atoms with Crippen LogP contribution in [0.3, 0.4) is 0 Å². The average Bonchev–Trinajstić information content (AvgIpc) is 2.30. The lowest BCUT2D eigenvalue weighted by Crippen LogP contribution is -1.94. The number of hydrogen-bond acceptors (Lipinski definition) is 1. The number of nitrogens with zero attached hydrogens (tertiary/aromatic N) is 1. The van der Waals surface area contributed by atoms with Crippen molar-refractivity contribution in [1.82, 2.24) is 4.98 Å². The molecule has 0 radical (unpaired) electrons. The molecule has 0 N–H and O–H groups in total. The summed E-state index contributed by atoms with van der Waals surface area (Å²) in [4.78, 5) is 4.39. The molecule has 1 nitrogen and oxygen atoms in total. The van der Waals surface area contributed by atoms with Crippen LogP contribution in [0.25, 0.3) is 0 Å². The van der Waals surface area contributed by atoms with Gasteiger partial charge in [-0.25, -0.2) is 0 Å². The molecule has 1 aromatic carbocycles. The van der Waals surface area contributed by atoms with E-state index in [-0.39, 0.29) is 0 Å². The van der Waals surface area contributed by atoms with Crippen molar-refractivity contribution in [3.63, 3.8) is 0 Å². The summed E-state index contributed by atoms with van der Waals surface area (Å²) < 4.78 is 1.19. The standard InChI is InChI=1S/C13H12IN/c14-12-7-9-13(15-10-12)8-6-11-4-2-1-3-5-11/h1-5,7,9-10H,6,8H2. The van der Waals surface area contributed by atoms with E-state index in [2.05, 4.69) is 64.0 Å². The number of aryl methyl sites for hydroxylation is 2. The molecule has 2 rings (SSSR count). The van der Waals surface area contributed by atoms with E-state index in [1.165, 1.54) is 14.8 Å². The van der Waals surface area contributed by atoms with Gasteiger partial charge in [0.25, 0.3) is 0 Å². The second-order valence-corrected chi connectivity index (χ2v) is 4.70. The minimum absolute atomic E-state index is 1.01. The van der Waals surface area contributed by atoms with Gasteiger partial charge in [-0.15, -0.1) is 0 Å². The second-order valence-electron chi connectivity index (χ2n) is 3.45. The van der Waals surface area contributed by atoms with Crippen molar-refractivity contribution >= 4 is 22.6 Å². The molecule has 0 aliphatic heterocycles. The highest BCUT2D eigenvalue weighted by Crippen LogP contribution is 2.07. The van der Waals surface area contributed by atoms with Crippen molar-refractivity contribution in [2.75, 3.05) is 0 Å². The molecule has 0 saturated carbocycles. The topological polar surface area (TPSA) is 12.9 Å². The van der Waals surface area contributed by atoms with Crippen LogP contribution in [0.2, 0.25) is 0 Å². The van der Waals surface area contributed by atoms with Gasteiger partial charge >= 0.3 is 0 Å². The Bertz CT molecular complexity index is 408. The van der Waals surface area contributed by atoms with Gasteiger partial charge < -0.3 is 0 Å². The van der Waals surface area contributed by atoms with Gasteiger partial charge in [-0.2, -0.15) is 0 Å². The molecule has 0 saturated heterocycles. The van der Waals surface area contributed by atoms with Gasteiger partial charge in [-0.3, -0.25) is 4.98 Å². The van der Waals surface area contributed by atoms with Crippen LogP contribution in [0.1, 0.15) is 11.3 Å². The quantitative estimate of drug-likeness (QED) is 0.791. The predicted octanol–water partition coefficient (Wildman–Crippen LogP) is 3.47. The molecule has 1 aromatic heterocycles. The van der Waals surface area contributed by atoms with E-state index in [1.54, 1.807) is 0 Å². The van der Waals surface area contributed by atoms with Crippen molar-refractivity contribution < 1.29 is 0 Å². The Morgan fingerprint density at radius 2 is 1.73 bits per heavy atom. The molecular formula is C13H12IN. The summed E-state index contributed by atoms with van der Waals surface area (Å²) in [5, 5.41) is 0. The van der Waals surface area contributed by atoms with Crippen LogP contribution in [-0.2, 0) is 12.8 Å². The van der Waals surface area contributed by atoms with Gasteiger partial charge in [0.2, 0.25) is 0 Å². The Morgan fingerprint density at radius 1 is 0.933 bits per heavy atom. The van der Waals surface area contributed by atoms with Gasteiger partial charge in [0.05, 0.1) is 0 Å². The third kappa shape index (κ3) is 3.30. The summed E-state index contributed by atoms with van der Waals surface area (Å²) in [5.41, 5.74) is 2.54. The molecule has 0 unspecified atom stereocenters. The van der Waals surface area contributed by atoms with Crippen molar-refractivity contribution in [2.45, 2.75) is 12.8 Å². The van der Waals surface area contributed by atoms with Crippen LogP contribution >= 0.6 is 22.6 Å². The number of aromatic nitrogens is 1. The maximum absolute atomic E-state index is 4.39. The smallest absolute Gasteiger partial charge is 0.0407 e. The number of pyridine rings is 1. The number of halogens is 1. The van der Waals surface area contributed by atoms with E-state index in [4.69, 9.17) is 0 Å². The third-order valence-corrected chi connectivity index (χ3v) is 2.94. The normalized spacial score (nSPS) is 10.2. The molecule has 76 valence electrons. The van der Waals surface area contributed by atoms with Crippen molar-refractivity contribution in [3.8, 4) is 0 Å². The third-order valence-electron chi connectivity index (χ3n) is 2.30. The molecule has 1 heterocycles. The first-order chi connectivity index (χ1) is 7.34. The fraction of sp³-hybridized carbons (Fsp3) is 0.154. The summed E-state index contributed by atoms with van der Waals surface area (Å²) >= 11 is 2.27. The fourth-order valence-electron chi connectivity index (χ4n) is 1.47. The Kier molecular flexibility index (Phi) is 3.72. The average molecular weight is 309 g/mol. The van der Waals surface area contributed by atoms with Crippen molar-refractivity contribution in [2.24, 2.45) is 0 Å². The van der Waals surface area contributed by atoms with E-state index >= 15 is 0 Å². The van der Waals surface area contributed by atoms with Crippen LogP contribution in [0.15, 0.2) is 48.7 Å². The minimum Gasteiger partial charge on any atom is -0.260 e. The van der Waals surface area contributed by atoms with Crippen LogP contribution in [-0.4, -0.2) is 4.98 Å². The molecule has 0 fully saturated rings. The summed E-state index contributed by atoms with van der Waals surface area (Å²) in [7, 11) is 0. The van der Waals surface area contributed by atoms with E-state index in [1.807, 2.05) is 12.3 Å². The zero-order chi connectivity index (χ0) is 10.5. The number of hydrogen-bond donors (Lipinski definition) is 0. The lowest BCUT2D eigenvalue weighted by atomic mass is 10.1. The van der Waals surface area contributed by atoms with Crippen LogP contribution in [0.5, 0.6) is 0 Å². The first kappa shape index (κ1) is 10.6. The second kappa shape index (κ2) is 5.26. The molecule has 0 bridgehead atoms. The largest absolute Gasteiger partial charge is 0.260 e. The Hall–Kier alpha value is -0.900. The summed E-state index contributed by atoms with van der Waals surface area (Å²) in [6, 6.07) is 14.7. The lowest BCUT2D eigenvalue weighted by Gasteiger charge is -2.01. The van der Waals surface area contributed by atoms with Crippen LogP contribution in [0, 0.1) is 3.57 Å². The first-order valence-electron chi connectivity index (χ1n) is 4.99. The van der Waals surface area contributed by atoms with Gasteiger partial charge in [0, 0.05) is 15.5 Å². The maximum atomic E-state index is 4.39. The molecule has 0 amide bonds. The zero-order valence-corrected chi connectivity index (χ0v) is 10.5. The number of benzene rings is 1. The summed E-state index contributed by atoms with van der Waals surface area (Å²) in [6.07, 6.45) is 4.00. The molecule has 15 heavy (non-hydrogen) atoms. The van der Waals surface area contributed by atoms with Gasteiger partial charge in [-0.1, -0.05) is 30.3 Å². The monoisotopic (exact) mass is 309 g/mol. The Morgan fingerprint density at radius 3 is 2.40 bits per heavy atom.